The molecule has 0 saturated carbocycles. The van der Waals surface area contributed by atoms with E-state index < -0.39 is 11.7 Å². The number of urea groups is 1. The van der Waals surface area contributed by atoms with Crippen molar-refractivity contribution < 1.29 is 28.6 Å². The molecule has 3 N–H and O–H groups in total. The summed E-state index contributed by atoms with van der Waals surface area (Å²) in [5, 5.41) is 8.37. The molecule has 0 spiro atoms. The van der Waals surface area contributed by atoms with Crippen molar-refractivity contribution in [3.05, 3.63) is 108 Å². The molecule has 11 nitrogen and oxygen atoms in total. The van der Waals surface area contributed by atoms with Gasteiger partial charge in [0, 0.05) is 18.7 Å². The summed E-state index contributed by atoms with van der Waals surface area (Å²) >= 11 is 0. The van der Waals surface area contributed by atoms with Gasteiger partial charge in [0.15, 0.2) is 12.0 Å². The van der Waals surface area contributed by atoms with E-state index in [1.807, 2.05) is 38.4 Å². The lowest BCUT2D eigenvalue weighted by atomic mass is 10.0. The van der Waals surface area contributed by atoms with Gasteiger partial charge < -0.3 is 29.3 Å². The highest BCUT2D eigenvalue weighted by Crippen LogP contribution is 2.26. The van der Waals surface area contributed by atoms with Crippen molar-refractivity contribution in [3.63, 3.8) is 0 Å². The van der Waals surface area contributed by atoms with Gasteiger partial charge in [-0.3, -0.25) is 15.4 Å². The van der Waals surface area contributed by atoms with Crippen LogP contribution in [0.3, 0.4) is 0 Å². The van der Waals surface area contributed by atoms with Crippen LogP contribution >= 0.6 is 0 Å². The zero-order valence-electron chi connectivity index (χ0n) is 27.1. The zero-order chi connectivity index (χ0) is 33.1. The highest BCUT2D eigenvalue weighted by molar-refractivity contribution is 6.06. The van der Waals surface area contributed by atoms with E-state index in [4.69, 9.17) is 14.2 Å². The van der Waals surface area contributed by atoms with Crippen LogP contribution in [0.5, 0.6) is 0 Å². The van der Waals surface area contributed by atoms with E-state index in [0.29, 0.717) is 35.8 Å². The molecule has 4 amide bonds. The Balaban J connectivity index is 1.39. The first-order chi connectivity index (χ1) is 22.0. The summed E-state index contributed by atoms with van der Waals surface area (Å²) in [6, 6.07) is 13.6. The van der Waals surface area contributed by atoms with Crippen molar-refractivity contribution in [2.24, 2.45) is 0 Å². The van der Waals surface area contributed by atoms with E-state index in [1.165, 1.54) is 12.5 Å². The van der Waals surface area contributed by atoms with Gasteiger partial charge >= 0.3 is 12.1 Å². The first-order valence-electron chi connectivity index (χ1n) is 15.3. The predicted molar refractivity (Wildman–Crippen MR) is 178 cm³/mol. The lowest BCUT2D eigenvalue weighted by Gasteiger charge is -2.26. The summed E-state index contributed by atoms with van der Waals surface area (Å²) in [7, 11) is 3.97. The van der Waals surface area contributed by atoms with Crippen LogP contribution in [0.4, 0.5) is 21.0 Å². The average molecular weight is 630 g/mol. The van der Waals surface area contributed by atoms with Crippen molar-refractivity contribution in [2.45, 2.75) is 52.2 Å². The number of nitrogens with zero attached hydrogens (tertiary/aromatic N) is 2. The molecule has 0 unspecified atom stereocenters. The number of para-hydroxylation sites is 2. The smallest absolute Gasteiger partial charge is 0.412 e. The second-order valence-electron chi connectivity index (χ2n) is 12.2. The second kappa shape index (κ2) is 15.8. The minimum atomic E-state index is -0.659. The Labute approximate surface area is 270 Å². The third-order valence-electron chi connectivity index (χ3n) is 6.85. The number of hydrogen-bond acceptors (Lipinski definition) is 7. The maximum Gasteiger partial charge on any atom is 0.412 e. The van der Waals surface area contributed by atoms with Gasteiger partial charge in [-0.2, -0.15) is 0 Å². The molecule has 0 atom stereocenters. The van der Waals surface area contributed by atoms with Gasteiger partial charge in [-0.25, -0.2) is 9.59 Å². The van der Waals surface area contributed by atoms with E-state index in [-0.39, 0.29) is 17.8 Å². The molecule has 0 fully saturated rings. The van der Waals surface area contributed by atoms with E-state index >= 15 is 0 Å². The largest absolute Gasteiger partial charge is 0.463 e. The number of carbonyl (C=O) groups excluding carboxylic acids is 3. The topological polar surface area (TPSA) is 121 Å². The standard InChI is InChI=1S/C35H43N5O6/c1-35(2,3)46-34(43)37-29-15-10-9-14-28(29)36-32(41)27-18-16-25(17-19-27)22-40(21-11-20-39(4)5)33(42)38-31-24-44-23-30(45-31)26-12-7-6-8-13-26/h6-7,9-10,12,14-19,23-24H,8,11,13,20-22H2,1-5H3,(H,36,41)(H,37,43)(H,38,42). The predicted octanol–water partition coefficient (Wildman–Crippen LogP) is 6.71. The molecule has 1 aliphatic carbocycles. The van der Waals surface area contributed by atoms with Gasteiger partial charge in [0.25, 0.3) is 5.91 Å². The van der Waals surface area contributed by atoms with Crippen molar-refractivity contribution in [2.75, 3.05) is 37.8 Å². The van der Waals surface area contributed by atoms with Crippen molar-refractivity contribution in [1.82, 2.24) is 15.1 Å². The Hall–Kier alpha value is -5.03. The van der Waals surface area contributed by atoms with Crippen LogP contribution in [0.2, 0.25) is 0 Å². The molecule has 2 aliphatic rings. The van der Waals surface area contributed by atoms with E-state index in [1.54, 1.807) is 62.1 Å². The number of rotatable bonds is 11. The SMILES string of the molecule is CN(C)CCCN(Cc1ccc(C(=O)Nc2ccccc2NC(=O)OC(C)(C)C)cc1)C(=O)NC1=COC=C(C2=CC=CCC2)O1. The highest BCUT2D eigenvalue weighted by Gasteiger charge is 2.21. The third-order valence-corrected chi connectivity index (χ3v) is 6.85. The molecule has 244 valence electrons. The molecule has 2 aromatic rings. The lowest BCUT2D eigenvalue weighted by Crippen LogP contribution is -2.41. The fourth-order valence-corrected chi connectivity index (χ4v) is 4.63. The van der Waals surface area contributed by atoms with Crippen molar-refractivity contribution >= 4 is 29.4 Å². The molecule has 46 heavy (non-hydrogen) atoms. The maximum absolute atomic E-state index is 13.4. The van der Waals surface area contributed by atoms with Crippen LogP contribution in [0.15, 0.2) is 96.5 Å². The summed E-state index contributed by atoms with van der Waals surface area (Å²) in [6.45, 7) is 6.95. The van der Waals surface area contributed by atoms with Gasteiger partial charge in [0.05, 0.1) is 11.4 Å². The number of carbonyl (C=O) groups is 3. The lowest BCUT2D eigenvalue weighted by molar-refractivity contribution is 0.0635. The van der Waals surface area contributed by atoms with Crippen molar-refractivity contribution in [3.8, 4) is 0 Å². The summed E-state index contributed by atoms with van der Waals surface area (Å²) in [5.74, 6) is 0.432. The van der Waals surface area contributed by atoms with Gasteiger partial charge in [-0.05, 0) is 96.1 Å². The summed E-state index contributed by atoms with van der Waals surface area (Å²) in [4.78, 5) is 42.6. The van der Waals surface area contributed by atoms with Crippen LogP contribution in [-0.2, 0) is 20.8 Å². The Morgan fingerprint density at radius 2 is 1.63 bits per heavy atom. The van der Waals surface area contributed by atoms with E-state index in [0.717, 1.165) is 36.9 Å². The van der Waals surface area contributed by atoms with Crippen LogP contribution in [0, 0.1) is 0 Å². The summed E-state index contributed by atoms with van der Waals surface area (Å²) in [6.07, 6.45) is 10.8. The first-order valence-corrected chi connectivity index (χ1v) is 15.3. The molecule has 1 heterocycles. The first kappa shape index (κ1) is 33.9. The van der Waals surface area contributed by atoms with E-state index in [9.17, 15) is 14.4 Å². The monoisotopic (exact) mass is 629 g/mol. The average Bonchev–Trinajstić information content (AvgIpc) is 3.01. The number of nitrogens with one attached hydrogen (secondary N) is 3. The van der Waals surface area contributed by atoms with Crippen LogP contribution < -0.4 is 16.0 Å². The fraction of sp³-hybridized carbons (Fsp3) is 0.343. The Morgan fingerprint density at radius 1 is 0.913 bits per heavy atom. The quantitative estimate of drug-likeness (QED) is 0.253. The molecule has 1 aliphatic heterocycles. The van der Waals surface area contributed by atoms with E-state index in [2.05, 4.69) is 26.9 Å². The Morgan fingerprint density at radius 3 is 2.28 bits per heavy atom. The summed E-state index contributed by atoms with van der Waals surface area (Å²) < 4.78 is 16.7. The number of hydrogen-bond donors (Lipinski definition) is 3. The zero-order valence-corrected chi connectivity index (χ0v) is 27.1. The number of allylic oxidation sites excluding steroid dienone is 4. The van der Waals surface area contributed by atoms with Gasteiger partial charge in [0.1, 0.15) is 11.9 Å². The molecular weight excluding hydrogens is 586 g/mol. The molecule has 0 saturated heterocycles. The maximum atomic E-state index is 13.4. The molecule has 11 heteroatoms. The number of ether oxygens (including phenoxy) is 3. The van der Waals surface area contributed by atoms with Gasteiger partial charge in [0.2, 0.25) is 5.88 Å². The minimum absolute atomic E-state index is 0.212. The van der Waals surface area contributed by atoms with Crippen LogP contribution in [-0.4, -0.2) is 60.6 Å². The molecule has 0 radical (unpaired) electrons. The van der Waals surface area contributed by atoms with Crippen LogP contribution in [0.25, 0.3) is 0 Å². The van der Waals surface area contributed by atoms with Crippen molar-refractivity contribution in [1.29, 1.82) is 0 Å². The summed E-state index contributed by atoms with van der Waals surface area (Å²) in [5.41, 5.74) is 2.45. The van der Waals surface area contributed by atoms with Gasteiger partial charge in [-0.1, -0.05) is 42.5 Å². The molecule has 0 aromatic heterocycles. The Bertz CT molecular complexity index is 1520. The molecule has 0 bridgehead atoms. The third kappa shape index (κ3) is 10.6. The minimum Gasteiger partial charge on any atom is -0.463 e. The fourth-order valence-electron chi connectivity index (χ4n) is 4.63. The van der Waals surface area contributed by atoms with Gasteiger partial charge in [-0.15, -0.1) is 0 Å². The highest BCUT2D eigenvalue weighted by atomic mass is 16.6. The number of benzene rings is 2. The number of anilines is 2. The van der Waals surface area contributed by atoms with Crippen LogP contribution in [0.1, 0.15) is 56.0 Å². The normalized spacial score (nSPS) is 14.2. The molecular formula is C35H43N5O6. The molecule has 4 rings (SSSR count). The Kier molecular flexibility index (Phi) is 11.6. The number of amides is 4. The molecule has 2 aromatic carbocycles. The second-order valence-corrected chi connectivity index (χ2v) is 12.2.